The smallest absolute Gasteiger partial charge is 0.347 e. The number of carbonyl (C=O) groups is 2. The van der Waals surface area contributed by atoms with E-state index in [9.17, 15) is 22.8 Å². The third-order valence-corrected chi connectivity index (χ3v) is 7.49. The van der Waals surface area contributed by atoms with E-state index in [-0.39, 0.29) is 52.5 Å². The molecule has 1 aliphatic rings. The van der Waals surface area contributed by atoms with Crippen LogP contribution in [-0.2, 0) is 17.9 Å². The Kier molecular flexibility index (Phi) is 7.61. The molecule has 11 nitrogen and oxygen atoms in total. The molecule has 0 fully saturated rings. The number of fused-ring (bicyclic) bond motifs is 1. The largest absolute Gasteiger partial charge is 0.472 e. The summed E-state index contributed by atoms with van der Waals surface area (Å²) in [6, 6.07) is 6.39. The molecule has 3 amide bonds. The summed E-state index contributed by atoms with van der Waals surface area (Å²) in [5, 5.41) is 6.73. The van der Waals surface area contributed by atoms with Gasteiger partial charge in [0.2, 0.25) is 5.95 Å². The zero-order chi connectivity index (χ0) is 31.9. The summed E-state index contributed by atoms with van der Waals surface area (Å²) in [7, 11) is 0. The number of aryl methyl sites for hydroxylation is 1. The maximum absolute atomic E-state index is 15.0. The number of benzene rings is 2. The number of imidazole rings is 1. The van der Waals surface area contributed by atoms with Crippen LogP contribution < -0.4 is 20.4 Å². The number of nitrogens with one attached hydrogen (secondary N) is 3. The van der Waals surface area contributed by atoms with E-state index in [0.717, 1.165) is 34.4 Å². The van der Waals surface area contributed by atoms with Crippen molar-refractivity contribution >= 4 is 51.5 Å². The number of aromatic nitrogens is 5. The van der Waals surface area contributed by atoms with E-state index in [1.165, 1.54) is 36.0 Å². The lowest BCUT2D eigenvalue weighted by Gasteiger charge is -2.31. The highest BCUT2D eigenvalue weighted by Crippen LogP contribution is 2.41. The number of hydrogen-bond donors (Lipinski definition) is 3. The van der Waals surface area contributed by atoms with Gasteiger partial charge in [-0.3, -0.25) is 4.79 Å². The normalized spacial score (nSPS) is 12.9. The van der Waals surface area contributed by atoms with Gasteiger partial charge in [0, 0.05) is 35.1 Å². The molecule has 0 atom stereocenters. The molecule has 4 heterocycles. The monoisotopic (exact) mass is 641 g/mol. The van der Waals surface area contributed by atoms with Crippen LogP contribution in [0.1, 0.15) is 17.0 Å². The second kappa shape index (κ2) is 11.6. The van der Waals surface area contributed by atoms with Gasteiger partial charge in [-0.15, -0.1) is 11.3 Å². The number of carbonyl (C=O) groups excluding carboxylic acids is 2. The van der Waals surface area contributed by atoms with Crippen molar-refractivity contribution in [2.75, 3.05) is 15.1 Å². The van der Waals surface area contributed by atoms with Gasteiger partial charge >= 0.3 is 18.1 Å². The van der Waals surface area contributed by atoms with E-state index in [1.54, 1.807) is 13.1 Å². The SMILES string of the molecule is Cc1ccc(N(C(=O)C(F)(F)F)c2nccs2)cc1-c1nc(NCc2ncc[nH]2)nc2c1CNC(=O)N2c1c(F)cccc1F. The van der Waals surface area contributed by atoms with Crippen LogP contribution in [0.15, 0.2) is 60.4 Å². The first-order valence-corrected chi connectivity index (χ1v) is 14.0. The number of para-hydroxylation sites is 1. The minimum Gasteiger partial charge on any atom is -0.347 e. The Bertz CT molecular complexity index is 1880. The molecule has 6 rings (SSSR count). The Hall–Kier alpha value is -5.45. The molecule has 45 heavy (non-hydrogen) atoms. The average Bonchev–Trinajstić information content (AvgIpc) is 3.72. The number of halogens is 5. The highest BCUT2D eigenvalue weighted by molar-refractivity contribution is 7.13. The number of urea groups is 1. The lowest BCUT2D eigenvalue weighted by molar-refractivity contribution is -0.169. The lowest BCUT2D eigenvalue weighted by Crippen LogP contribution is -2.43. The van der Waals surface area contributed by atoms with Crippen LogP contribution in [0.4, 0.5) is 55.0 Å². The van der Waals surface area contributed by atoms with E-state index in [0.29, 0.717) is 16.3 Å². The van der Waals surface area contributed by atoms with Crippen molar-refractivity contribution in [3.05, 3.63) is 89.0 Å². The Labute approximate surface area is 254 Å². The molecule has 0 bridgehead atoms. The van der Waals surface area contributed by atoms with Crippen molar-refractivity contribution in [2.24, 2.45) is 0 Å². The summed E-state index contributed by atoms with van der Waals surface area (Å²) in [5.41, 5.74) is 0.270. The maximum Gasteiger partial charge on any atom is 0.472 e. The van der Waals surface area contributed by atoms with Gasteiger partial charge in [-0.2, -0.15) is 18.2 Å². The fourth-order valence-corrected chi connectivity index (χ4v) is 5.36. The molecule has 3 N–H and O–H groups in total. The fourth-order valence-electron chi connectivity index (χ4n) is 4.70. The van der Waals surface area contributed by atoms with Crippen LogP contribution >= 0.6 is 11.3 Å². The summed E-state index contributed by atoms with van der Waals surface area (Å²) in [5.74, 6) is -3.98. The number of alkyl halides is 3. The van der Waals surface area contributed by atoms with Crippen molar-refractivity contribution in [3.8, 4) is 11.3 Å². The first-order chi connectivity index (χ1) is 21.5. The Morgan fingerprint density at radius 3 is 2.56 bits per heavy atom. The number of aromatic amines is 1. The molecule has 2 aromatic carbocycles. The number of amides is 3. The van der Waals surface area contributed by atoms with Crippen molar-refractivity contribution in [2.45, 2.75) is 26.2 Å². The van der Waals surface area contributed by atoms with Crippen molar-refractivity contribution in [3.63, 3.8) is 0 Å². The van der Waals surface area contributed by atoms with Gasteiger partial charge in [-0.25, -0.2) is 38.3 Å². The van der Waals surface area contributed by atoms with Crippen molar-refractivity contribution in [1.29, 1.82) is 0 Å². The highest BCUT2D eigenvalue weighted by atomic mass is 32.1. The number of thiazole rings is 1. The zero-order valence-corrected chi connectivity index (χ0v) is 23.8. The molecule has 0 spiro atoms. The van der Waals surface area contributed by atoms with Gasteiger partial charge in [0.25, 0.3) is 0 Å². The lowest BCUT2D eigenvalue weighted by atomic mass is 9.99. The summed E-state index contributed by atoms with van der Waals surface area (Å²) >= 11 is 0.832. The second-order valence-electron chi connectivity index (χ2n) is 9.60. The van der Waals surface area contributed by atoms with Crippen molar-refractivity contribution in [1.82, 2.24) is 30.2 Å². The summed E-state index contributed by atoms with van der Waals surface area (Å²) in [6.45, 7) is 1.57. The molecule has 0 unspecified atom stereocenters. The molecule has 0 radical (unpaired) electrons. The predicted molar refractivity (Wildman–Crippen MR) is 154 cm³/mol. The molecule has 1 aliphatic heterocycles. The second-order valence-corrected chi connectivity index (χ2v) is 10.5. The van der Waals surface area contributed by atoms with E-state index in [2.05, 4.69) is 35.6 Å². The number of H-pyrrole nitrogens is 1. The molecule has 17 heteroatoms. The average molecular weight is 642 g/mol. The van der Waals surface area contributed by atoms with E-state index >= 15 is 8.78 Å². The Morgan fingerprint density at radius 1 is 1.11 bits per heavy atom. The van der Waals surface area contributed by atoms with Gasteiger partial charge in [0.15, 0.2) is 10.9 Å². The molecular weight excluding hydrogens is 621 g/mol. The molecule has 230 valence electrons. The molecule has 0 saturated heterocycles. The van der Waals surface area contributed by atoms with Crippen LogP contribution in [0.25, 0.3) is 11.3 Å². The summed E-state index contributed by atoms with van der Waals surface area (Å²) in [6.07, 6.45) is -0.839. The molecule has 5 aromatic rings. The van der Waals surface area contributed by atoms with Crippen LogP contribution in [0, 0.1) is 18.6 Å². The maximum atomic E-state index is 15.0. The number of rotatable bonds is 7. The van der Waals surface area contributed by atoms with Crippen LogP contribution in [-0.4, -0.2) is 43.0 Å². The number of nitrogens with zero attached hydrogens (tertiary/aromatic N) is 6. The molecular formula is C28H20F5N9O2S. The molecule has 3 aromatic heterocycles. The van der Waals surface area contributed by atoms with Crippen LogP contribution in [0.5, 0.6) is 0 Å². The van der Waals surface area contributed by atoms with E-state index in [4.69, 9.17) is 0 Å². The zero-order valence-electron chi connectivity index (χ0n) is 23.0. The minimum absolute atomic E-state index is 0.0791. The third kappa shape index (κ3) is 5.64. The molecule has 0 aliphatic carbocycles. The first-order valence-electron chi connectivity index (χ1n) is 13.1. The highest BCUT2D eigenvalue weighted by Gasteiger charge is 2.45. The predicted octanol–water partition coefficient (Wildman–Crippen LogP) is 6.11. The summed E-state index contributed by atoms with van der Waals surface area (Å²) < 4.78 is 71.1. The Balaban J connectivity index is 1.55. The van der Waals surface area contributed by atoms with E-state index in [1.807, 2.05) is 0 Å². The quantitative estimate of drug-likeness (QED) is 0.183. The van der Waals surface area contributed by atoms with Crippen LogP contribution in [0.3, 0.4) is 0 Å². The molecule has 0 saturated carbocycles. The third-order valence-electron chi connectivity index (χ3n) is 6.74. The van der Waals surface area contributed by atoms with Gasteiger partial charge in [0.1, 0.15) is 23.1 Å². The topological polar surface area (TPSA) is 132 Å². The van der Waals surface area contributed by atoms with Gasteiger partial charge in [-0.05, 0) is 36.8 Å². The van der Waals surface area contributed by atoms with Gasteiger partial charge < -0.3 is 15.6 Å². The van der Waals surface area contributed by atoms with Gasteiger partial charge in [0.05, 0.1) is 24.5 Å². The van der Waals surface area contributed by atoms with E-state index < -0.39 is 35.4 Å². The fraction of sp³-hybridized carbons (Fsp3) is 0.143. The standard InChI is InChI=1S/C28H20F5N9O2S/c1-14-5-6-15(41(24(43)28(31,32)33)27-36-9-10-45-27)11-16(14)21-17-12-38-26(44)42(22-18(29)3-2-4-19(22)30)23(17)40-25(39-21)37-13-20-34-7-8-35-20/h2-11H,12-13H2,1H3,(H,34,35)(H,38,44)(H,37,39,40). The van der Waals surface area contributed by atoms with Gasteiger partial charge in [-0.1, -0.05) is 12.1 Å². The van der Waals surface area contributed by atoms with Crippen LogP contribution in [0.2, 0.25) is 0 Å². The first kappa shape index (κ1) is 29.6. The minimum atomic E-state index is -5.22. The number of hydrogen-bond acceptors (Lipinski definition) is 8. The Morgan fingerprint density at radius 2 is 1.89 bits per heavy atom. The van der Waals surface area contributed by atoms with Crippen molar-refractivity contribution < 1.29 is 31.5 Å². The summed E-state index contributed by atoms with van der Waals surface area (Å²) in [4.78, 5) is 46.8. The number of anilines is 5.